The lowest BCUT2D eigenvalue weighted by Gasteiger charge is -2.19. The Morgan fingerprint density at radius 1 is 1.09 bits per heavy atom. The van der Waals surface area contributed by atoms with Crippen molar-refractivity contribution in [3.05, 3.63) is 47.5 Å². The molecule has 0 saturated carbocycles. The van der Waals surface area contributed by atoms with Gasteiger partial charge >= 0.3 is 0 Å². The fourth-order valence-corrected chi connectivity index (χ4v) is 4.53. The zero-order valence-corrected chi connectivity index (χ0v) is 13.2. The van der Waals surface area contributed by atoms with Crippen LogP contribution in [0.1, 0.15) is 24.0 Å². The van der Waals surface area contributed by atoms with Crippen molar-refractivity contribution in [1.29, 1.82) is 0 Å². The normalized spacial score (nSPS) is 14.4. The van der Waals surface area contributed by atoms with Crippen LogP contribution in [0, 0.1) is 0 Å². The maximum absolute atomic E-state index is 12.9. The van der Waals surface area contributed by atoms with Gasteiger partial charge in [-0.1, -0.05) is 12.1 Å². The SMILES string of the molecule is COc1cc(S(=O)(=O)c2cccc3c2CCCC3)ccc1O. The number of rotatable bonds is 3. The molecule has 0 spiro atoms. The van der Waals surface area contributed by atoms with Gasteiger partial charge in [0.1, 0.15) is 0 Å². The molecule has 1 aliphatic rings. The van der Waals surface area contributed by atoms with Gasteiger partial charge < -0.3 is 9.84 Å². The maximum atomic E-state index is 12.9. The minimum absolute atomic E-state index is 0.0726. The molecule has 2 aromatic carbocycles. The summed E-state index contributed by atoms with van der Waals surface area (Å²) in [4.78, 5) is 0.513. The van der Waals surface area contributed by atoms with Gasteiger partial charge in [-0.3, -0.25) is 0 Å². The summed E-state index contributed by atoms with van der Waals surface area (Å²) in [5.41, 5.74) is 2.05. The van der Waals surface area contributed by atoms with Crippen molar-refractivity contribution in [2.75, 3.05) is 7.11 Å². The molecule has 0 aliphatic heterocycles. The van der Waals surface area contributed by atoms with Gasteiger partial charge in [0.15, 0.2) is 11.5 Å². The van der Waals surface area contributed by atoms with Crippen LogP contribution in [0.2, 0.25) is 0 Å². The van der Waals surface area contributed by atoms with Crippen LogP contribution >= 0.6 is 0 Å². The number of benzene rings is 2. The van der Waals surface area contributed by atoms with E-state index < -0.39 is 9.84 Å². The Morgan fingerprint density at radius 3 is 2.64 bits per heavy atom. The molecule has 0 atom stereocenters. The first-order valence-corrected chi connectivity index (χ1v) is 8.75. The molecule has 116 valence electrons. The number of fused-ring (bicyclic) bond motifs is 1. The second-order valence-electron chi connectivity index (χ2n) is 5.44. The van der Waals surface area contributed by atoms with Gasteiger partial charge in [0.25, 0.3) is 0 Å². The summed E-state index contributed by atoms with van der Waals surface area (Å²) in [5, 5.41) is 9.64. The summed E-state index contributed by atoms with van der Waals surface area (Å²) in [6.45, 7) is 0. The maximum Gasteiger partial charge on any atom is 0.207 e. The topological polar surface area (TPSA) is 63.6 Å². The van der Waals surface area contributed by atoms with Gasteiger partial charge in [0.05, 0.1) is 16.9 Å². The van der Waals surface area contributed by atoms with E-state index in [2.05, 4.69) is 0 Å². The van der Waals surface area contributed by atoms with Gasteiger partial charge in [-0.05, 0) is 55.0 Å². The number of aryl methyl sites for hydroxylation is 1. The summed E-state index contributed by atoms with van der Waals surface area (Å²) in [6.07, 6.45) is 3.83. The Morgan fingerprint density at radius 2 is 1.86 bits per heavy atom. The molecule has 0 amide bonds. The highest BCUT2D eigenvalue weighted by atomic mass is 32.2. The second kappa shape index (κ2) is 5.65. The van der Waals surface area contributed by atoms with E-state index >= 15 is 0 Å². The smallest absolute Gasteiger partial charge is 0.207 e. The van der Waals surface area contributed by atoms with E-state index in [1.54, 1.807) is 12.1 Å². The van der Waals surface area contributed by atoms with E-state index in [9.17, 15) is 13.5 Å². The monoisotopic (exact) mass is 318 g/mol. The van der Waals surface area contributed by atoms with E-state index in [0.29, 0.717) is 4.90 Å². The van der Waals surface area contributed by atoms with E-state index in [-0.39, 0.29) is 16.4 Å². The van der Waals surface area contributed by atoms with Crippen molar-refractivity contribution in [3.63, 3.8) is 0 Å². The molecule has 5 heteroatoms. The highest BCUT2D eigenvalue weighted by molar-refractivity contribution is 7.91. The number of phenolic OH excluding ortho intramolecular Hbond substituents is 1. The van der Waals surface area contributed by atoms with Gasteiger partial charge in [-0.25, -0.2) is 8.42 Å². The largest absolute Gasteiger partial charge is 0.504 e. The first kappa shape index (κ1) is 14.9. The molecule has 1 N–H and O–H groups in total. The Labute approximate surface area is 130 Å². The summed E-state index contributed by atoms with van der Waals surface area (Å²) in [7, 11) is -2.22. The Kier molecular flexibility index (Phi) is 3.83. The van der Waals surface area contributed by atoms with Crippen LogP contribution in [0.5, 0.6) is 11.5 Å². The fraction of sp³-hybridized carbons (Fsp3) is 0.294. The van der Waals surface area contributed by atoms with E-state index in [1.165, 1.54) is 25.3 Å². The summed E-state index contributed by atoms with van der Waals surface area (Å²) < 4.78 is 30.9. The molecular formula is C17H18O4S. The van der Waals surface area contributed by atoms with Crippen molar-refractivity contribution in [2.24, 2.45) is 0 Å². The van der Waals surface area contributed by atoms with Crippen LogP contribution in [0.25, 0.3) is 0 Å². The summed E-state index contributed by atoms with van der Waals surface area (Å²) in [5.74, 6) is 0.0856. The zero-order chi connectivity index (χ0) is 15.7. The van der Waals surface area contributed by atoms with Gasteiger partial charge in [-0.2, -0.15) is 0 Å². The molecule has 0 radical (unpaired) electrons. The quantitative estimate of drug-likeness (QED) is 0.944. The molecule has 0 heterocycles. The molecule has 0 bridgehead atoms. The van der Waals surface area contributed by atoms with E-state index in [0.717, 1.165) is 36.8 Å². The number of aromatic hydroxyl groups is 1. The van der Waals surface area contributed by atoms with Crippen molar-refractivity contribution < 1.29 is 18.3 Å². The molecule has 1 aliphatic carbocycles. The van der Waals surface area contributed by atoms with Crippen LogP contribution in [0.15, 0.2) is 46.2 Å². The first-order chi connectivity index (χ1) is 10.5. The molecule has 0 unspecified atom stereocenters. The average Bonchev–Trinajstić information content (AvgIpc) is 2.54. The van der Waals surface area contributed by atoms with Crippen molar-refractivity contribution in [3.8, 4) is 11.5 Å². The van der Waals surface area contributed by atoms with Crippen LogP contribution in [0.3, 0.4) is 0 Å². The Hall–Kier alpha value is -2.01. The second-order valence-corrected chi connectivity index (χ2v) is 7.36. The molecule has 0 aromatic heterocycles. The number of hydrogen-bond acceptors (Lipinski definition) is 4. The van der Waals surface area contributed by atoms with Crippen LogP contribution in [-0.4, -0.2) is 20.6 Å². The van der Waals surface area contributed by atoms with E-state index in [1.807, 2.05) is 6.07 Å². The minimum Gasteiger partial charge on any atom is -0.504 e. The van der Waals surface area contributed by atoms with Crippen LogP contribution in [-0.2, 0) is 22.7 Å². The highest BCUT2D eigenvalue weighted by Crippen LogP contribution is 2.34. The number of ether oxygens (including phenoxy) is 1. The molecule has 0 fully saturated rings. The number of hydrogen-bond donors (Lipinski definition) is 1. The standard InChI is InChI=1S/C17H18O4S/c1-21-16-11-13(9-10-15(16)18)22(19,20)17-8-4-6-12-5-2-3-7-14(12)17/h4,6,8-11,18H,2-3,5,7H2,1H3. The third kappa shape index (κ3) is 2.46. The molecule has 22 heavy (non-hydrogen) atoms. The lowest BCUT2D eigenvalue weighted by atomic mass is 9.92. The number of methoxy groups -OCH3 is 1. The van der Waals surface area contributed by atoms with Gasteiger partial charge in [0, 0.05) is 6.07 Å². The predicted molar refractivity (Wildman–Crippen MR) is 83.2 cm³/mol. The van der Waals surface area contributed by atoms with Crippen molar-refractivity contribution >= 4 is 9.84 Å². The molecule has 3 rings (SSSR count). The minimum atomic E-state index is -3.62. The van der Waals surface area contributed by atoms with Crippen LogP contribution in [0.4, 0.5) is 0 Å². The molecule has 2 aromatic rings. The fourth-order valence-electron chi connectivity index (χ4n) is 2.95. The first-order valence-electron chi connectivity index (χ1n) is 7.27. The summed E-state index contributed by atoms with van der Waals surface area (Å²) >= 11 is 0. The Bertz CT molecular complexity index is 809. The molecular weight excluding hydrogens is 300 g/mol. The third-order valence-electron chi connectivity index (χ3n) is 4.10. The molecule has 0 saturated heterocycles. The van der Waals surface area contributed by atoms with E-state index in [4.69, 9.17) is 4.74 Å². The lowest BCUT2D eigenvalue weighted by Crippen LogP contribution is -2.11. The third-order valence-corrected chi connectivity index (χ3v) is 5.94. The van der Waals surface area contributed by atoms with Crippen molar-refractivity contribution in [1.82, 2.24) is 0 Å². The predicted octanol–water partition coefficient (Wildman–Crippen LogP) is 3.11. The highest BCUT2D eigenvalue weighted by Gasteiger charge is 2.25. The zero-order valence-electron chi connectivity index (χ0n) is 12.4. The van der Waals surface area contributed by atoms with Crippen LogP contribution < -0.4 is 4.74 Å². The Balaban J connectivity index is 2.15. The van der Waals surface area contributed by atoms with Gasteiger partial charge in [0.2, 0.25) is 9.84 Å². The number of phenols is 1. The lowest BCUT2D eigenvalue weighted by molar-refractivity contribution is 0.372. The average molecular weight is 318 g/mol. The van der Waals surface area contributed by atoms with Crippen molar-refractivity contribution in [2.45, 2.75) is 35.5 Å². The summed E-state index contributed by atoms with van der Waals surface area (Å²) in [6, 6.07) is 9.60. The van der Waals surface area contributed by atoms with Gasteiger partial charge in [-0.15, -0.1) is 0 Å². The number of sulfone groups is 1. The molecule has 4 nitrogen and oxygen atoms in total.